The van der Waals surface area contributed by atoms with E-state index in [0.717, 1.165) is 45.4 Å². The topological polar surface area (TPSA) is 82.9 Å². The zero-order valence-electron chi connectivity index (χ0n) is 19.5. The lowest BCUT2D eigenvalue weighted by atomic mass is 10.0. The Balaban J connectivity index is 1.53. The van der Waals surface area contributed by atoms with Crippen molar-refractivity contribution in [1.29, 1.82) is 0 Å². The maximum absolute atomic E-state index is 12.7. The molecule has 1 N–H and O–H groups in total. The fraction of sp³-hybridized carbons (Fsp3) is 0.480. The molecule has 0 bridgehead atoms. The van der Waals surface area contributed by atoms with Crippen molar-refractivity contribution in [2.24, 2.45) is 0 Å². The van der Waals surface area contributed by atoms with E-state index < -0.39 is 5.97 Å². The van der Waals surface area contributed by atoms with Gasteiger partial charge in [0, 0.05) is 37.9 Å². The van der Waals surface area contributed by atoms with E-state index in [1.165, 1.54) is 16.3 Å². The third-order valence-electron chi connectivity index (χ3n) is 6.17. The van der Waals surface area contributed by atoms with Crippen LogP contribution in [0.15, 0.2) is 47.4 Å². The van der Waals surface area contributed by atoms with Crippen LogP contribution in [0.25, 0.3) is 5.65 Å². The van der Waals surface area contributed by atoms with Crippen LogP contribution in [-0.2, 0) is 17.8 Å². The van der Waals surface area contributed by atoms with Crippen molar-refractivity contribution in [2.45, 2.75) is 52.2 Å². The monoisotopic (exact) mass is 451 g/mol. The molecule has 8 heteroatoms. The summed E-state index contributed by atoms with van der Waals surface area (Å²) in [4.78, 5) is 34.6. The lowest BCUT2D eigenvalue weighted by Crippen LogP contribution is -2.47. The molecule has 3 heterocycles. The number of aromatic amines is 1. The summed E-state index contributed by atoms with van der Waals surface area (Å²) in [5.74, 6) is -0.477. The Bertz CT molecular complexity index is 1120. The third-order valence-corrected chi connectivity index (χ3v) is 6.17. The van der Waals surface area contributed by atoms with Gasteiger partial charge in [0.25, 0.3) is 5.56 Å². The number of fused-ring (bicyclic) bond motifs is 1. The van der Waals surface area contributed by atoms with E-state index in [4.69, 9.17) is 4.74 Å². The molecule has 1 fully saturated rings. The summed E-state index contributed by atoms with van der Waals surface area (Å²) in [7, 11) is 0. The number of carbonyl (C=O) groups is 1. The van der Waals surface area contributed by atoms with Crippen LogP contribution >= 0.6 is 0 Å². The van der Waals surface area contributed by atoms with E-state index in [2.05, 4.69) is 57.1 Å². The molecule has 0 amide bonds. The van der Waals surface area contributed by atoms with Crippen molar-refractivity contribution in [3.8, 4) is 0 Å². The molecular weight excluding hydrogens is 418 g/mol. The average Bonchev–Trinajstić information content (AvgIpc) is 3.25. The fourth-order valence-corrected chi connectivity index (χ4v) is 4.67. The Labute approximate surface area is 194 Å². The van der Waals surface area contributed by atoms with Gasteiger partial charge in [-0.3, -0.25) is 19.7 Å². The highest BCUT2D eigenvalue weighted by Gasteiger charge is 2.26. The Morgan fingerprint density at radius 1 is 1.27 bits per heavy atom. The van der Waals surface area contributed by atoms with Crippen molar-refractivity contribution in [1.82, 2.24) is 24.4 Å². The number of nitrogens with one attached hydrogen (secondary N) is 1. The van der Waals surface area contributed by atoms with E-state index in [9.17, 15) is 9.59 Å². The molecule has 3 aromatic rings. The molecule has 0 spiro atoms. The lowest BCUT2D eigenvalue weighted by molar-refractivity contribution is 0.0528. The molecule has 1 atom stereocenters. The number of likely N-dealkylation sites (tertiary alicyclic amines) is 1. The quantitative estimate of drug-likeness (QED) is 0.504. The number of benzene rings is 1. The van der Waals surface area contributed by atoms with Crippen LogP contribution in [0.2, 0.25) is 0 Å². The van der Waals surface area contributed by atoms with Crippen LogP contribution < -0.4 is 5.56 Å². The summed E-state index contributed by atoms with van der Waals surface area (Å²) in [5, 5.41) is 2.81. The fourth-order valence-electron chi connectivity index (χ4n) is 4.67. The van der Waals surface area contributed by atoms with Crippen LogP contribution in [0.3, 0.4) is 0 Å². The number of ether oxygens (including phenoxy) is 1. The van der Waals surface area contributed by atoms with E-state index >= 15 is 0 Å². The minimum atomic E-state index is -0.477. The molecule has 8 nitrogen and oxygen atoms in total. The van der Waals surface area contributed by atoms with Gasteiger partial charge in [0.05, 0.1) is 12.3 Å². The standard InChI is InChI=1S/C25H33N5O3/c1-3-12-29(21-11-8-13-28(18-21)16-19-9-6-5-7-10-19)17-20-14-23(31)30-24(27-20)22(15-26-30)25(32)33-4-2/h5-7,9-10,14-15,21,26H,3-4,8,11-13,16-18H2,1-2H3. The zero-order valence-corrected chi connectivity index (χ0v) is 19.5. The first-order valence-electron chi connectivity index (χ1n) is 11.9. The summed E-state index contributed by atoms with van der Waals surface area (Å²) >= 11 is 0. The number of carbonyl (C=O) groups excluding carboxylic acids is 1. The van der Waals surface area contributed by atoms with E-state index in [-0.39, 0.29) is 17.7 Å². The average molecular weight is 452 g/mol. The minimum absolute atomic E-state index is 0.226. The Morgan fingerprint density at radius 2 is 2.09 bits per heavy atom. The van der Waals surface area contributed by atoms with Gasteiger partial charge in [-0.2, -0.15) is 0 Å². The first-order chi connectivity index (χ1) is 16.1. The predicted octanol–water partition coefficient (Wildman–Crippen LogP) is 3.08. The summed E-state index contributed by atoms with van der Waals surface area (Å²) in [6.07, 6.45) is 4.79. The third kappa shape index (κ3) is 5.51. The van der Waals surface area contributed by atoms with E-state index in [0.29, 0.717) is 23.9 Å². The highest BCUT2D eigenvalue weighted by atomic mass is 16.5. The van der Waals surface area contributed by atoms with E-state index in [1.54, 1.807) is 13.0 Å². The molecule has 0 saturated carbocycles. The smallest absolute Gasteiger partial charge is 0.343 e. The van der Waals surface area contributed by atoms with Gasteiger partial charge in [0.1, 0.15) is 5.56 Å². The van der Waals surface area contributed by atoms with Gasteiger partial charge in [-0.15, -0.1) is 0 Å². The second kappa shape index (κ2) is 10.8. The van der Waals surface area contributed by atoms with Crippen molar-refractivity contribution in [3.63, 3.8) is 0 Å². The van der Waals surface area contributed by atoms with Gasteiger partial charge in [-0.1, -0.05) is 37.3 Å². The number of rotatable bonds is 9. The van der Waals surface area contributed by atoms with Crippen molar-refractivity contribution in [3.05, 3.63) is 69.8 Å². The Kier molecular flexibility index (Phi) is 7.57. The molecule has 0 aliphatic carbocycles. The van der Waals surface area contributed by atoms with Crippen LogP contribution in [0.4, 0.5) is 0 Å². The molecule has 33 heavy (non-hydrogen) atoms. The van der Waals surface area contributed by atoms with Gasteiger partial charge < -0.3 is 4.74 Å². The van der Waals surface area contributed by atoms with Crippen LogP contribution in [0.1, 0.15) is 54.7 Å². The second-order valence-corrected chi connectivity index (χ2v) is 8.64. The summed E-state index contributed by atoms with van der Waals surface area (Å²) in [5.41, 5.74) is 2.39. The van der Waals surface area contributed by atoms with Gasteiger partial charge in [0.15, 0.2) is 5.65 Å². The molecule has 2 aromatic heterocycles. The second-order valence-electron chi connectivity index (χ2n) is 8.64. The van der Waals surface area contributed by atoms with Crippen molar-refractivity contribution in [2.75, 3.05) is 26.2 Å². The maximum Gasteiger partial charge on any atom is 0.343 e. The molecule has 1 unspecified atom stereocenters. The largest absolute Gasteiger partial charge is 0.462 e. The van der Waals surface area contributed by atoms with Crippen molar-refractivity contribution >= 4 is 11.6 Å². The number of H-pyrrole nitrogens is 1. The first kappa shape index (κ1) is 23.2. The summed E-state index contributed by atoms with van der Waals surface area (Å²) in [6.45, 7) is 8.76. The highest BCUT2D eigenvalue weighted by molar-refractivity contribution is 5.95. The van der Waals surface area contributed by atoms with Gasteiger partial charge in [-0.25, -0.2) is 14.3 Å². The number of esters is 1. The van der Waals surface area contributed by atoms with Gasteiger partial charge in [-0.05, 0) is 44.8 Å². The normalized spacial score (nSPS) is 17.0. The minimum Gasteiger partial charge on any atom is -0.462 e. The summed E-state index contributed by atoms with van der Waals surface area (Å²) in [6, 6.07) is 12.5. The number of aromatic nitrogens is 3. The number of hydrogen-bond acceptors (Lipinski definition) is 6. The van der Waals surface area contributed by atoms with Gasteiger partial charge >= 0.3 is 5.97 Å². The van der Waals surface area contributed by atoms with Gasteiger partial charge in [0.2, 0.25) is 0 Å². The molecule has 1 aliphatic rings. The van der Waals surface area contributed by atoms with Crippen LogP contribution in [0.5, 0.6) is 0 Å². The highest BCUT2D eigenvalue weighted by Crippen LogP contribution is 2.20. The zero-order chi connectivity index (χ0) is 23.2. The molecule has 1 saturated heterocycles. The summed E-state index contributed by atoms with van der Waals surface area (Å²) < 4.78 is 6.41. The Hall–Kier alpha value is -2.97. The molecule has 176 valence electrons. The molecule has 1 aliphatic heterocycles. The number of piperidine rings is 1. The Morgan fingerprint density at radius 3 is 2.85 bits per heavy atom. The molecular formula is C25H33N5O3. The molecule has 4 rings (SSSR count). The SMILES string of the molecule is CCCN(Cc1cc(=O)n2[nH]cc(C(=O)OCC)c2n1)C1CCCN(Cc2ccccc2)C1. The van der Waals surface area contributed by atoms with Crippen LogP contribution in [0, 0.1) is 0 Å². The first-order valence-corrected chi connectivity index (χ1v) is 11.9. The van der Waals surface area contributed by atoms with Crippen LogP contribution in [-0.4, -0.2) is 62.7 Å². The maximum atomic E-state index is 12.7. The molecule has 1 aromatic carbocycles. The number of hydrogen-bond donors (Lipinski definition) is 1. The van der Waals surface area contributed by atoms with Crippen molar-refractivity contribution < 1.29 is 9.53 Å². The molecule has 0 radical (unpaired) electrons. The lowest BCUT2D eigenvalue weighted by Gasteiger charge is -2.39. The number of nitrogens with zero attached hydrogens (tertiary/aromatic N) is 4. The van der Waals surface area contributed by atoms with E-state index in [1.807, 2.05) is 0 Å². The predicted molar refractivity (Wildman–Crippen MR) is 127 cm³/mol.